The number of rotatable bonds is 4. The Morgan fingerprint density at radius 2 is 2.32 bits per heavy atom. The van der Waals surface area contributed by atoms with Crippen molar-refractivity contribution in [2.45, 2.75) is 31.0 Å². The number of hydrogen-bond donors (Lipinski definition) is 1. The zero-order valence-corrected chi connectivity index (χ0v) is 11.2. The van der Waals surface area contributed by atoms with Crippen LogP contribution in [0.3, 0.4) is 0 Å². The highest BCUT2D eigenvalue weighted by Gasteiger charge is 2.29. The third-order valence-electron chi connectivity index (χ3n) is 3.17. The molecule has 0 atom stereocenters. The molecule has 2 aromatic rings. The van der Waals surface area contributed by atoms with E-state index in [1.165, 1.54) is 17.8 Å². The molecular weight excluding hydrogens is 267 g/mol. The average Bonchev–Trinajstić information content (AvgIpc) is 3.11. The van der Waals surface area contributed by atoms with E-state index in [1.54, 1.807) is 13.0 Å². The van der Waals surface area contributed by atoms with Gasteiger partial charge in [-0.1, -0.05) is 11.8 Å². The van der Waals surface area contributed by atoms with Gasteiger partial charge in [0.05, 0.1) is 16.8 Å². The Morgan fingerprint density at radius 3 is 2.95 bits per heavy atom. The highest BCUT2D eigenvalue weighted by atomic mass is 32.2. The lowest BCUT2D eigenvalue weighted by atomic mass is 10.2. The maximum Gasteiger partial charge on any atom is 0.313 e. The van der Waals surface area contributed by atoms with Crippen molar-refractivity contribution in [3.63, 3.8) is 0 Å². The number of nitrogens with zero attached hydrogens (tertiary/aromatic N) is 2. The van der Waals surface area contributed by atoms with E-state index in [-0.39, 0.29) is 11.6 Å². The summed E-state index contributed by atoms with van der Waals surface area (Å²) in [5, 5.41) is 9.44. The summed E-state index contributed by atoms with van der Waals surface area (Å²) in [7, 11) is 0. The van der Waals surface area contributed by atoms with Crippen molar-refractivity contribution in [1.29, 1.82) is 0 Å². The molecule has 0 bridgehead atoms. The first-order valence-electron chi connectivity index (χ1n) is 6.09. The third-order valence-corrected chi connectivity index (χ3v) is 4.11. The zero-order chi connectivity index (χ0) is 13.6. The van der Waals surface area contributed by atoms with E-state index in [9.17, 15) is 9.18 Å². The number of imidazole rings is 1. The molecule has 0 spiro atoms. The average molecular weight is 280 g/mol. The van der Waals surface area contributed by atoms with Gasteiger partial charge in [0.15, 0.2) is 5.16 Å². The summed E-state index contributed by atoms with van der Waals surface area (Å²) >= 11 is 1.19. The number of aliphatic carboxylic acids is 1. The molecule has 1 aliphatic rings. The SMILES string of the molecule is Cc1cc2c(cc1F)nc(SCC(=O)O)n2C1CC1. The first-order valence-corrected chi connectivity index (χ1v) is 7.07. The van der Waals surface area contributed by atoms with Crippen molar-refractivity contribution in [2.75, 3.05) is 5.75 Å². The fourth-order valence-corrected chi connectivity index (χ4v) is 2.91. The van der Waals surface area contributed by atoms with E-state index in [4.69, 9.17) is 5.11 Å². The molecule has 100 valence electrons. The molecular formula is C13H13FN2O2S. The van der Waals surface area contributed by atoms with Crippen molar-refractivity contribution >= 4 is 28.8 Å². The van der Waals surface area contributed by atoms with Gasteiger partial charge in [-0.2, -0.15) is 0 Å². The van der Waals surface area contributed by atoms with Gasteiger partial charge < -0.3 is 9.67 Å². The molecule has 1 aromatic carbocycles. The van der Waals surface area contributed by atoms with Crippen LogP contribution < -0.4 is 0 Å². The van der Waals surface area contributed by atoms with Crippen LogP contribution in [0.5, 0.6) is 0 Å². The first kappa shape index (κ1) is 12.5. The van der Waals surface area contributed by atoms with Crippen molar-refractivity contribution in [3.05, 3.63) is 23.5 Å². The molecule has 0 aliphatic heterocycles. The summed E-state index contributed by atoms with van der Waals surface area (Å²) in [6, 6.07) is 3.60. The van der Waals surface area contributed by atoms with Crippen LogP contribution >= 0.6 is 11.8 Å². The Morgan fingerprint density at radius 1 is 1.58 bits per heavy atom. The van der Waals surface area contributed by atoms with Crippen molar-refractivity contribution < 1.29 is 14.3 Å². The molecule has 1 aliphatic carbocycles. The summed E-state index contributed by atoms with van der Waals surface area (Å²) in [6.45, 7) is 1.73. The van der Waals surface area contributed by atoms with E-state index < -0.39 is 5.97 Å². The second-order valence-corrected chi connectivity index (χ2v) is 5.71. The van der Waals surface area contributed by atoms with Gasteiger partial charge in [0, 0.05) is 12.1 Å². The van der Waals surface area contributed by atoms with Gasteiger partial charge in [0.1, 0.15) is 5.82 Å². The smallest absolute Gasteiger partial charge is 0.313 e. The molecule has 1 heterocycles. The minimum Gasteiger partial charge on any atom is -0.481 e. The number of fused-ring (bicyclic) bond motifs is 1. The number of hydrogen-bond acceptors (Lipinski definition) is 3. The Bertz CT molecular complexity index is 664. The number of benzene rings is 1. The van der Waals surface area contributed by atoms with E-state index in [2.05, 4.69) is 9.55 Å². The van der Waals surface area contributed by atoms with Crippen LogP contribution in [0.1, 0.15) is 24.4 Å². The molecule has 1 fully saturated rings. The predicted octanol–water partition coefficient (Wildman–Crippen LogP) is 3.00. The number of carboxylic acid groups (broad SMARTS) is 1. The summed E-state index contributed by atoms with van der Waals surface area (Å²) in [5.74, 6) is -1.18. The number of aromatic nitrogens is 2. The molecule has 0 radical (unpaired) electrons. The largest absolute Gasteiger partial charge is 0.481 e. The number of carboxylic acids is 1. The van der Waals surface area contributed by atoms with Crippen LogP contribution in [0.25, 0.3) is 11.0 Å². The number of thioether (sulfide) groups is 1. The Hall–Kier alpha value is -1.56. The molecule has 0 unspecified atom stereocenters. The van der Waals surface area contributed by atoms with E-state index in [0.29, 0.717) is 22.3 Å². The summed E-state index contributed by atoms with van der Waals surface area (Å²) < 4.78 is 15.6. The topological polar surface area (TPSA) is 55.1 Å². The standard InChI is InChI=1S/C13H13FN2O2S/c1-7-4-11-10(5-9(7)14)15-13(19-6-12(17)18)16(11)8-2-3-8/h4-5,8H,2-3,6H2,1H3,(H,17,18). The van der Waals surface area contributed by atoms with Crippen LogP contribution in [-0.2, 0) is 4.79 Å². The fraction of sp³-hybridized carbons (Fsp3) is 0.385. The maximum atomic E-state index is 13.6. The molecule has 4 nitrogen and oxygen atoms in total. The molecule has 0 saturated heterocycles. The normalized spacial score (nSPS) is 15.1. The highest BCUT2D eigenvalue weighted by molar-refractivity contribution is 7.99. The van der Waals surface area contributed by atoms with Gasteiger partial charge in [-0.3, -0.25) is 4.79 Å². The number of halogens is 1. The van der Waals surface area contributed by atoms with Crippen LogP contribution in [0.15, 0.2) is 17.3 Å². The molecule has 0 amide bonds. The van der Waals surface area contributed by atoms with Crippen molar-refractivity contribution in [1.82, 2.24) is 9.55 Å². The Balaban J connectivity index is 2.10. The molecule has 1 saturated carbocycles. The summed E-state index contributed by atoms with van der Waals surface area (Å²) in [6.07, 6.45) is 2.14. The molecule has 3 rings (SSSR count). The van der Waals surface area contributed by atoms with Crippen LogP contribution in [0.2, 0.25) is 0 Å². The zero-order valence-electron chi connectivity index (χ0n) is 10.4. The minimum atomic E-state index is -0.873. The summed E-state index contributed by atoms with van der Waals surface area (Å²) in [4.78, 5) is 15.0. The molecule has 19 heavy (non-hydrogen) atoms. The van der Waals surface area contributed by atoms with Gasteiger partial charge >= 0.3 is 5.97 Å². The van der Waals surface area contributed by atoms with Gasteiger partial charge in [0.2, 0.25) is 0 Å². The Labute approximate surface area is 113 Å². The first-order chi connectivity index (χ1) is 9.06. The lowest BCUT2D eigenvalue weighted by Gasteiger charge is -2.06. The van der Waals surface area contributed by atoms with Crippen LogP contribution in [-0.4, -0.2) is 26.4 Å². The number of aryl methyl sites for hydroxylation is 1. The van der Waals surface area contributed by atoms with E-state index in [1.807, 2.05) is 0 Å². The van der Waals surface area contributed by atoms with Gasteiger partial charge in [0.25, 0.3) is 0 Å². The minimum absolute atomic E-state index is 0.0303. The van der Waals surface area contributed by atoms with Crippen LogP contribution in [0, 0.1) is 12.7 Å². The van der Waals surface area contributed by atoms with Crippen molar-refractivity contribution in [3.8, 4) is 0 Å². The summed E-state index contributed by atoms with van der Waals surface area (Å²) in [5.41, 5.74) is 2.08. The van der Waals surface area contributed by atoms with E-state index >= 15 is 0 Å². The van der Waals surface area contributed by atoms with Gasteiger partial charge in [-0.05, 0) is 31.4 Å². The quantitative estimate of drug-likeness (QED) is 0.875. The monoisotopic (exact) mass is 280 g/mol. The van der Waals surface area contributed by atoms with Gasteiger partial charge in [-0.25, -0.2) is 9.37 Å². The fourth-order valence-electron chi connectivity index (χ4n) is 2.11. The van der Waals surface area contributed by atoms with E-state index in [0.717, 1.165) is 18.4 Å². The second kappa shape index (κ2) is 4.52. The number of carbonyl (C=O) groups is 1. The Kier molecular flexibility index (Phi) is 2.97. The van der Waals surface area contributed by atoms with Crippen molar-refractivity contribution in [2.24, 2.45) is 0 Å². The predicted molar refractivity (Wildman–Crippen MR) is 71.1 cm³/mol. The lowest BCUT2D eigenvalue weighted by Crippen LogP contribution is -2.02. The van der Waals surface area contributed by atoms with Gasteiger partial charge in [-0.15, -0.1) is 0 Å². The molecule has 1 aromatic heterocycles. The lowest BCUT2D eigenvalue weighted by molar-refractivity contribution is -0.133. The highest BCUT2D eigenvalue weighted by Crippen LogP contribution is 2.41. The third kappa shape index (κ3) is 2.32. The maximum absolute atomic E-state index is 13.6. The molecule has 1 N–H and O–H groups in total. The van der Waals surface area contributed by atoms with Crippen LogP contribution in [0.4, 0.5) is 4.39 Å². The molecule has 6 heteroatoms. The second-order valence-electron chi connectivity index (χ2n) is 4.77.